The van der Waals surface area contributed by atoms with Crippen molar-refractivity contribution < 1.29 is 27.3 Å². The van der Waals surface area contributed by atoms with Gasteiger partial charge in [-0.2, -0.15) is 9.98 Å². The van der Waals surface area contributed by atoms with Crippen molar-refractivity contribution in [3.8, 4) is 6.07 Å². The molecule has 0 fully saturated rings. The van der Waals surface area contributed by atoms with E-state index >= 15 is 0 Å². The number of anilines is 1. The Morgan fingerprint density at radius 3 is 2.70 bits per heavy atom. The van der Waals surface area contributed by atoms with Crippen molar-refractivity contribution in [2.75, 3.05) is 11.9 Å². The highest BCUT2D eigenvalue weighted by atomic mass is 32.2. The number of ether oxygens (including phenoxy) is 1. The smallest absolute Gasteiger partial charge is 0.321 e. The van der Waals surface area contributed by atoms with Crippen molar-refractivity contribution >= 4 is 27.4 Å². The van der Waals surface area contributed by atoms with Crippen LogP contribution < -0.4 is 10.0 Å². The van der Waals surface area contributed by atoms with Gasteiger partial charge in [0, 0.05) is 6.07 Å². The first-order chi connectivity index (χ1) is 15.8. The number of nitrogens with one attached hydrogen (secondary N) is 2. The summed E-state index contributed by atoms with van der Waals surface area (Å²) in [5.41, 5.74) is 0.616. The number of rotatable bonds is 10. The summed E-state index contributed by atoms with van der Waals surface area (Å²) in [6, 6.07) is 15.1. The molecule has 1 aromatic heterocycles. The minimum absolute atomic E-state index is 0.106. The van der Waals surface area contributed by atoms with Gasteiger partial charge in [0.05, 0.1) is 34.3 Å². The van der Waals surface area contributed by atoms with E-state index in [4.69, 9.17) is 14.4 Å². The Bertz CT molecular complexity index is 1300. The molecule has 0 atom stereocenters. The number of nitro groups is 1. The van der Waals surface area contributed by atoms with Gasteiger partial charge in [0.15, 0.2) is 0 Å². The Morgan fingerprint density at radius 2 is 2.00 bits per heavy atom. The highest BCUT2D eigenvalue weighted by molar-refractivity contribution is 7.89. The van der Waals surface area contributed by atoms with E-state index in [1.54, 1.807) is 30.3 Å². The van der Waals surface area contributed by atoms with Gasteiger partial charge in [0.1, 0.15) is 24.6 Å². The summed E-state index contributed by atoms with van der Waals surface area (Å²) in [6.45, 7) is -0.647. The lowest BCUT2D eigenvalue weighted by molar-refractivity contribution is -0.384. The van der Waals surface area contributed by atoms with Crippen LogP contribution in [0.3, 0.4) is 0 Å². The van der Waals surface area contributed by atoms with Gasteiger partial charge < -0.3 is 14.5 Å². The molecule has 0 saturated heterocycles. The molecule has 0 spiro atoms. The van der Waals surface area contributed by atoms with E-state index in [0.717, 1.165) is 6.07 Å². The molecule has 0 saturated carbocycles. The first kappa shape index (κ1) is 23.5. The highest BCUT2D eigenvalue weighted by Crippen LogP contribution is 2.28. The van der Waals surface area contributed by atoms with Gasteiger partial charge in [0.2, 0.25) is 10.0 Å². The average molecular weight is 470 g/mol. The number of nitrogens with zero attached hydrogens (tertiary/aromatic N) is 2. The maximum absolute atomic E-state index is 12.5. The third-order valence-corrected chi connectivity index (χ3v) is 5.77. The molecule has 11 nitrogen and oxygen atoms in total. The van der Waals surface area contributed by atoms with Crippen molar-refractivity contribution in [1.82, 2.24) is 4.72 Å². The van der Waals surface area contributed by atoms with E-state index in [0.29, 0.717) is 16.9 Å². The second-order valence-corrected chi connectivity index (χ2v) is 8.43. The number of benzene rings is 2. The second kappa shape index (κ2) is 10.4. The molecule has 0 aliphatic rings. The topological polar surface area (TPSA) is 165 Å². The van der Waals surface area contributed by atoms with Gasteiger partial charge in [-0.25, -0.2) is 8.42 Å². The maximum atomic E-state index is 12.5. The van der Waals surface area contributed by atoms with Crippen LogP contribution in [-0.4, -0.2) is 25.9 Å². The molecule has 12 heteroatoms. The fraction of sp³-hybridized carbons (Fsp3) is 0.143. The number of nitro benzene ring substituents is 1. The Labute approximate surface area is 188 Å². The predicted molar refractivity (Wildman–Crippen MR) is 115 cm³/mol. The molecule has 1 heterocycles. The predicted octanol–water partition coefficient (Wildman–Crippen LogP) is 2.69. The number of carbonyl (C=O) groups excluding carboxylic acids is 1. The Kier molecular flexibility index (Phi) is 7.39. The summed E-state index contributed by atoms with van der Waals surface area (Å²) >= 11 is 0. The summed E-state index contributed by atoms with van der Waals surface area (Å²) in [7, 11) is -4.22. The number of carbonyl (C=O) groups is 1. The van der Waals surface area contributed by atoms with Gasteiger partial charge in [0.25, 0.3) is 5.69 Å². The van der Waals surface area contributed by atoms with E-state index < -0.39 is 33.1 Å². The monoisotopic (exact) mass is 470 g/mol. The van der Waals surface area contributed by atoms with Crippen LogP contribution in [0.4, 0.5) is 11.4 Å². The highest BCUT2D eigenvalue weighted by Gasteiger charge is 2.22. The molecule has 2 N–H and O–H groups in total. The molecule has 0 aliphatic carbocycles. The standard InChI is InChI=1S/C21H18N4O7S/c22-11-15-3-1-4-16(9-15)14-32-21(26)13-24-33(29,30)18-6-7-19(20(10-18)25(27)28)23-12-17-5-2-8-31-17/h1-10,23-24H,12-14H2. The van der Waals surface area contributed by atoms with Crippen LogP contribution in [0.5, 0.6) is 0 Å². The summed E-state index contributed by atoms with van der Waals surface area (Å²) in [4.78, 5) is 22.3. The number of furan rings is 1. The van der Waals surface area contributed by atoms with Gasteiger partial charge >= 0.3 is 5.97 Å². The third kappa shape index (κ3) is 6.39. The van der Waals surface area contributed by atoms with E-state index in [9.17, 15) is 23.3 Å². The lowest BCUT2D eigenvalue weighted by Gasteiger charge is -2.10. The van der Waals surface area contributed by atoms with Gasteiger partial charge in [-0.15, -0.1) is 0 Å². The number of sulfonamides is 1. The molecule has 0 aliphatic heterocycles. The average Bonchev–Trinajstić information content (AvgIpc) is 3.34. The molecule has 0 unspecified atom stereocenters. The van der Waals surface area contributed by atoms with Crippen molar-refractivity contribution in [2.24, 2.45) is 0 Å². The van der Waals surface area contributed by atoms with Gasteiger partial charge in [-0.3, -0.25) is 14.9 Å². The quantitative estimate of drug-likeness (QED) is 0.257. The number of hydrogen-bond donors (Lipinski definition) is 2. The number of nitriles is 1. The van der Waals surface area contributed by atoms with Crippen LogP contribution in [0.25, 0.3) is 0 Å². The zero-order valence-corrected chi connectivity index (χ0v) is 17.9. The first-order valence-corrected chi connectivity index (χ1v) is 11.0. The van der Waals surface area contributed by atoms with E-state index in [-0.39, 0.29) is 23.7 Å². The molecule has 3 rings (SSSR count). The van der Waals surface area contributed by atoms with Crippen LogP contribution in [-0.2, 0) is 32.7 Å². The molecule has 170 valence electrons. The summed E-state index contributed by atoms with van der Waals surface area (Å²) in [6.07, 6.45) is 1.46. The first-order valence-electron chi connectivity index (χ1n) is 9.47. The Hall–Kier alpha value is -4.21. The summed E-state index contributed by atoms with van der Waals surface area (Å²) < 4.78 is 37.2. The van der Waals surface area contributed by atoms with Crippen LogP contribution in [0.15, 0.2) is 70.2 Å². The molecule has 3 aromatic rings. The van der Waals surface area contributed by atoms with E-state index in [1.165, 1.54) is 24.5 Å². The largest absolute Gasteiger partial charge is 0.467 e. The molecule has 0 amide bonds. The number of hydrogen-bond acceptors (Lipinski definition) is 9. The van der Waals surface area contributed by atoms with Crippen molar-refractivity contribution in [1.29, 1.82) is 5.26 Å². The molecule has 33 heavy (non-hydrogen) atoms. The molecule has 0 radical (unpaired) electrons. The van der Waals surface area contributed by atoms with Crippen LogP contribution in [0.2, 0.25) is 0 Å². The van der Waals surface area contributed by atoms with Gasteiger partial charge in [-0.1, -0.05) is 12.1 Å². The van der Waals surface area contributed by atoms with Crippen molar-refractivity contribution in [3.63, 3.8) is 0 Å². The van der Waals surface area contributed by atoms with E-state index in [1.807, 2.05) is 6.07 Å². The normalized spacial score (nSPS) is 10.9. The van der Waals surface area contributed by atoms with Crippen LogP contribution in [0, 0.1) is 21.4 Å². The minimum atomic E-state index is -4.22. The summed E-state index contributed by atoms with van der Waals surface area (Å²) in [5, 5.41) is 23.1. The Morgan fingerprint density at radius 1 is 1.18 bits per heavy atom. The lowest BCUT2D eigenvalue weighted by atomic mass is 10.1. The van der Waals surface area contributed by atoms with Crippen molar-refractivity contribution in [2.45, 2.75) is 18.0 Å². The zero-order chi connectivity index (χ0) is 23.8. The molecule has 2 aromatic carbocycles. The zero-order valence-electron chi connectivity index (χ0n) is 17.1. The number of esters is 1. The van der Waals surface area contributed by atoms with Crippen molar-refractivity contribution in [3.05, 3.63) is 87.9 Å². The molecular formula is C21H18N4O7S. The Balaban J connectivity index is 1.62. The van der Waals surface area contributed by atoms with Gasteiger partial charge in [-0.05, 0) is 42.0 Å². The molecular weight excluding hydrogens is 452 g/mol. The van der Waals surface area contributed by atoms with E-state index in [2.05, 4.69) is 10.0 Å². The third-order valence-electron chi connectivity index (χ3n) is 4.37. The summed E-state index contributed by atoms with van der Waals surface area (Å²) in [5.74, 6) is -0.312. The van der Waals surface area contributed by atoms with Crippen LogP contribution >= 0.6 is 0 Å². The SMILES string of the molecule is N#Cc1cccc(COC(=O)CNS(=O)(=O)c2ccc(NCc3ccco3)c([N+](=O)[O-])c2)c1. The molecule has 0 bridgehead atoms. The lowest BCUT2D eigenvalue weighted by Crippen LogP contribution is -2.30. The fourth-order valence-electron chi connectivity index (χ4n) is 2.76. The maximum Gasteiger partial charge on any atom is 0.321 e. The second-order valence-electron chi connectivity index (χ2n) is 6.67. The fourth-order valence-corrected chi connectivity index (χ4v) is 3.75. The minimum Gasteiger partial charge on any atom is -0.467 e. The van der Waals surface area contributed by atoms with Crippen LogP contribution in [0.1, 0.15) is 16.9 Å².